The molecule has 0 atom stereocenters. The Labute approximate surface area is 165 Å². The molecule has 4 rings (SSSR count). The number of nitrogens with zero attached hydrogens (tertiary/aromatic N) is 3. The van der Waals surface area contributed by atoms with Gasteiger partial charge in [0.05, 0.1) is 12.8 Å². The number of benzene rings is 2. The molecule has 0 spiro atoms. The van der Waals surface area contributed by atoms with Gasteiger partial charge in [0.2, 0.25) is 0 Å². The van der Waals surface area contributed by atoms with E-state index in [1.54, 1.807) is 13.4 Å². The molecule has 2 heterocycles. The van der Waals surface area contributed by atoms with Gasteiger partial charge in [-0.05, 0) is 55.7 Å². The van der Waals surface area contributed by atoms with E-state index in [9.17, 15) is 0 Å². The second-order valence-corrected chi connectivity index (χ2v) is 6.83. The molecular formula is C22H25N5O. The van der Waals surface area contributed by atoms with Crippen LogP contribution in [0.5, 0.6) is 5.75 Å². The van der Waals surface area contributed by atoms with Gasteiger partial charge in [0, 0.05) is 30.5 Å². The van der Waals surface area contributed by atoms with E-state index >= 15 is 0 Å². The minimum Gasteiger partial charge on any atom is -0.495 e. The Balaban J connectivity index is 1.44. The average Bonchev–Trinajstić information content (AvgIpc) is 2.76. The van der Waals surface area contributed by atoms with Crippen LogP contribution in [-0.4, -0.2) is 30.2 Å². The Kier molecular flexibility index (Phi) is 5.56. The number of anilines is 5. The van der Waals surface area contributed by atoms with E-state index in [0.717, 1.165) is 36.0 Å². The average molecular weight is 375 g/mol. The van der Waals surface area contributed by atoms with E-state index in [2.05, 4.69) is 49.8 Å². The van der Waals surface area contributed by atoms with Crippen LogP contribution in [0, 0.1) is 0 Å². The van der Waals surface area contributed by atoms with Gasteiger partial charge in [0.15, 0.2) is 0 Å². The monoisotopic (exact) mass is 375 g/mol. The fourth-order valence-electron chi connectivity index (χ4n) is 3.44. The van der Waals surface area contributed by atoms with Gasteiger partial charge < -0.3 is 20.3 Å². The summed E-state index contributed by atoms with van der Waals surface area (Å²) < 4.78 is 5.38. The van der Waals surface area contributed by atoms with Crippen molar-refractivity contribution in [2.24, 2.45) is 0 Å². The first-order valence-corrected chi connectivity index (χ1v) is 9.66. The first-order valence-electron chi connectivity index (χ1n) is 9.66. The summed E-state index contributed by atoms with van der Waals surface area (Å²) in [6.45, 7) is 2.30. The van der Waals surface area contributed by atoms with E-state index in [4.69, 9.17) is 4.74 Å². The van der Waals surface area contributed by atoms with Crippen LogP contribution in [0.15, 0.2) is 60.9 Å². The van der Waals surface area contributed by atoms with Crippen molar-refractivity contribution in [1.82, 2.24) is 9.97 Å². The number of hydrogen-bond donors (Lipinski definition) is 2. The smallest absolute Gasteiger partial charge is 0.142 e. The number of aromatic nitrogens is 2. The first kappa shape index (κ1) is 18.1. The molecule has 3 aromatic rings. The van der Waals surface area contributed by atoms with E-state index in [-0.39, 0.29) is 0 Å². The summed E-state index contributed by atoms with van der Waals surface area (Å²) in [5.74, 6) is 2.20. The lowest BCUT2D eigenvalue weighted by molar-refractivity contribution is 0.417. The molecule has 2 N–H and O–H groups in total. The molecule has 0 saturated carbocycles. The van der Waals surface area contributed by atoms with Crippen molar-refractivity contribution >= 4 is 28.7 Å². The Bertz CT molecular complexity index is 907. The normalized spacial score (nSPS) is 13.8. The number of ether oxygens (including phenoxy) is 1. The maximum absolute atomic E-state index is 5.38. The van der Waals surface area contributed by atoms with Gasteiger partial charge in [-0.3, -0.25) is 0 Å². The molecule has 0 unspecified atom stereocenters. The lowest BCUT2D eigenvalue weighted by atomic mass is 10.1. The Hall–Kier alpha value is -3.28. The highest BCUT2D eigenvalue weighted by Gasteiger charge is 2.10. The molecule has 2 aromatic carbocycles. The van der Waals surface area contributed by atoms with Gasteiger partial charge in [-0.1, -0.05) is 12.1 Å². The second-order valence-electron chi connectivity index (χ2n) is 6.83. The Morgan fingerprint density at radius 1 is 0.857 bits per heavy atom. The van der Waals surface area contributed by atoms with Crippen molar-refractivity contribution in [2.75, 3.05) is 35.7 Å². The van der Waals surface area contributed by atoms with E-state index in [1.165, 1.54) is 24.9 Å². The van der Waals surface area contributed by atoms with Gasteiger partial charge in [0.25, 0.3) is 0 Å². The molecule has 144 valence electrons. The van der Waals surface area contributed by atoms with E-state index < -0.39 is 0 Å². The number of methoxy groups -OCH3 is 1. The SMILES string of the molecule is COc1ccccc1Nc1cc(Nc2ccc(N3CCCCC3)cc2)ncn1. The molecule has 0 radical (unpaired) electrons. The zero-order chi connectivity index (χ0) is 19.2. The van der Waals surface area contributed by atoms with Crippen LogP contribution >= 0.6 is 0 Å². The molecule has 6 heteroatoms. The maximum atomic E-state index is 5.38. The van der Waals surface area contributed by atoms with Crippen molar-refractivity contribution in [1.29, 1.82) is 0 Å². The van der Waals surface area contributed by atoms with Crippen molar-refractivity contribution in [2.45, 2.75) is 19.3 Å². The van der Waals surface area contributed by atoms with Gasteiger partial charge in [0.1, 0.15) is 23.7 Å². The largest absolute Gasteiger partial charge is 0.495 e. The lowest BCUT2D eigenvalue weighted by Crippen LogP contribution is -2.29. The molecule has 1 aliphatic rings. The third-order valence-electron chi connectivity index (χ3n) is 4.90. The minimum atomic E-state index is 0.701. The van der Waals surface area contributed by atoms with Gasteiger partial charge in [-0.15, -0.1) is 0 Å². The molecule has 1 fully saturated rings. The van der Waals surface area contributed by atoms with Crippen molar-refractivity contribution in [3.63, 3.8) is 0 Å². The van der Waals surface area contributed by atoms with Crippen LogP contribution in [0.4, 0.5) is 28.7 Å². The highest BCUT2D eigenvalue weighted by molar-refractivity contribution is 5.67. The molecule has 28 heavy (non-hydrogen) atoms. The van der Waals surface area contributed by atoms with Crippen LogP contribution in [0.3, 0.4) is 0 Å². The molecule has 0 amide bonds. The fraction of sp³-hybridized carbons (Fsp3) is 0.273. The summed E-state index contributed by atoms with van der Waals surface area (Å²) in [6.07, 6.45) is 5.45. The van der Waals surface area contributed by atoms with Crippen LogP contribution < -0.4 is 20.3 Å². The molecule has 0 aliphatic carbocycles. The summed E-state index contributed by atoms with van der Waals surface area (Å²) in [5.41, 5.74) is 3.15. The highest BCUT2D eigenvalue weighted by Crippen LogP contribution is 2.27. The predicted molar refractivity (Wildman–Crippen MR) is 114 cm³/mol. The summed E-state index contributed by atoms with van der Waals surface area (Å²) in [6, 6.07) is 18.2. The van der Waals surface area contributed by atoms with Crippen molar-refractivity contribution < 1.29 is 4.74 Å². The summed E-state index contributed by atoms with van der Waals surface area (Å²) >= 11 is 0. The zero-order valence-corrected chi connectivity index (χ0v) is 16.1. The number of para-hydroxylation sites is 2. The third-order valence-corrected chi connectivity index (χ3v) is 4.90. The Morgan fingerprint density at radius 2 is 1.57 bits per heavy atom. The van der Waals surface area contributed by atoms with Gasteiger partial charge >= 0.3 is 0 Å². The van der Waals surface area contributed by atoms with Crippen molar-refractivity contribution in [3.8, 4) is 5.75 Å². The van der Waals surface area contributed by atoms with Gasteiger partial charge in [-0.25, -0.2) is 9.97 Å². The summed E-state index contributed by atoms with van der Waals surface area (Å²) in [4.78, 5) is 11.1. The molecule has 1 aliphatic heterocycles. The van der Waals surface area contributed by atoms with Crippen molar-refractivity contribution in [3.05, 3.63) is 60.9 Å². The topological polar surface area (TPSA) is 62.3 Å². The van der Waals surface area contributed by atoms with Crippen LogP contribution in [0.1, 0.15) is 19.3 Å². The van der Waals surface area contributed by atoms with Crippen LogP contribution in [0.25, 0.3) is 0 Å². The van der Waals surface area contributed by atoms with E-state index in [0.29, 0.717) is 5.82 Å². The quantitative estimate of drug-likeness (QED) is 0.635. The first-order chi connectivity index (χ1) is 13.8. The number of piperidine rings is 1. The second kappa shape index (κ2) is 8.61. The fourth-order valence-corrected chi connectivity index (χ4v) is 3.44. The van der Waals surface area contributed by atoms with Crippen LogP contribution in [-0.2, 0) is 0 Å². The summed E-state index contributed by atoms with van der Waals surface area (Å²) in [7, 11) is 1.65. The lowest BCUT2D eigenvalue weighted by Gasteiger charge is -2.28. The Morgan fingerprint density at radius 3 is 2.32 bits per heavy atom. The zero-order valence-electron chi connectivity index (χ0n) is 16.1. The van der Waals surface area contributed by atoms with Gasteiger partial charge in [-0.2, -0.15) is 0 Å². The number of nitrogens with one attached hydrogen (secondary N) is 2. The third kappa shape index (κ3) is 4.34. The molecular weight excluding hydrogens is 350 g/mol. The molecule has 0 bridgehead atoms. The van der Waals surface area contributed by atoms with Crippen LogP contribution in [0.2, 0.25) is 0 Å². The van der Waals surface area contributed by atoms with E-state index in [1.807, 2.05) is 30.3 Å². The molecule has 6 nitrogen and oxygen atoms in total. The summed E-state index contributed by atoms with van der Waals surface area (Å²) in [5, 5.41) is 6.63. The highest BCUT2D eigenvalue weighted by atomic mass is 16.5. The molecule has 1 saturated heterocycles. The minimum absolute atomic E-state index is 0.701. The maximum Gasteiger partial charge on any atom is 0.142 e. The molecule has 1 aromatic heterocycles. The standard InChI is InChI=1S/C22H25N5O/c1-28-20-8-4-3-7-19(20)26-22-15-21(23-16-24-22)25-17-9-11-18(12-10-17)27-13-5-2-6-14-27/h3-4,7-12,15-16H,2,5-6,13-14H2,1H3,(H2,23,24,25,26). The number of rotatable bonds is 6. The predicted octanol–water partition coefficient (Wildman–Crippen LogP) is 4.96. The number of hydrogen-bond acceptors (Lipinski definition) is 6.